The second kappa shape index (κ2) is 8.08. The molecule has 4 rings (SSSR count). The van der Waals surface area contributed by atoms with E-state index in [-0.39, 0.29) is 11.8 Å². The van der Waals surface area contributed by atoms with E-state index in [0.717, 1.165) is 31.7 Å². The number of likely N-dealkylation sites (N-methyl/N-ethyl adjacent to an activating group) is 1. The molecule has 0 fully saturated rings. The molecule has 0 unspecified atom stereocenters. The van der Waals surface area contributed by atoms with Gasteiger partial charge < -0.3 is 14.8 Å². The molecule has 1 atom stereocenters. The number of aromatic nitrogens is 2. The van der Waals surface area contributed by atoms with Crippen molar-refractivity contribution in [2.75, 3.05) is 17.7 Å². The van der Waals surface area contributed by atoms with E-state index in [9.17, 15) is 9.59 Å². The second-order valence-electron chi connectivity index (χ2n) is 7.12. The van der Waals surface area contributed by atoms with Gasteiger partial charge in [-0.05, 0) is 31.3 Å². The zero-order valence-corrected chi connectivity index (χ0v) is 18.6. The van der Waals surface area contributed by atoms with Crippen molar-refractivity contribution >= 4 is 51.3 Å². The molecule has 2 aliphatic heterocycles. The molecule has 0 bridgehead atoms. The molecular weight excluding hydrogens is 420 g/mol. The van der Waals surface area contributed by atoms with Crippen LogP contribution < -0.4 is 10.2 Å². The normalized spacial score (nSPS) is 18.2. The van der Waals surface area contributed by atoms with Gasteiger partial charge in [-0.3, -0.25) is 9.59 Å². The molecule has 154 valence electrons. The van der Waals surface area contributed by atoms with Crippen molar-refractivity contribution < 1.29 is 9.59 Å². The van der Waals surface area contributed by atoms with Gasteiger partial charge in [0.2, 0.25) is 0 Å². The summed E-state index contributed by atoms with van der Waals surface area (Å²) in [6, 6.07) is -0.626. The summed E-state index contributed by atoms with van der Waals surface area (Å²) in [5.41, 5.74) is 3.00. The quantitative estimate of drug-likeness (QED) is 0.723. The van der Waals surface area contributed by atoms with Gasteiger partial charge in [0.1, 0.15) is 22.4 Å². The first-order chi connectivity index (χ1) is 14.3. The van der Waals surface area contributed by atoms with Crippen molar-refractivity contribution in [3.63, 3.8) is 0 Å². The molecule has 2 aromatic rings. The standard InChI is InChI=1S/C20H20N6O2S2/c1-11-7-14(24-23-11)18(27)22-15-9-29-17-12(2)16(30-20(17)26(4)19(15)28)6-5-13-8-21-10-25(13)3/h8,10,15H,7,9H2,1-4H3,(H,22,27)/t15-/m0/s1. The highest BCUT2D eigenvalue weighted by atomic mass is 32.2. The Kier molecular flexibility index (Phi) is 5.49. The fourth-order valence-electron chi connectivity index (χ4n) is 3.09. The van der Waals surface area contributed by atoms with Crippen LogP contribution in [0.4, 0.5) is 5.00 Å². The number of anilines is 1. The lowest BCUT2D eigenvalue weighted by atomic mass is 10.2. The maximum absolute atomic E-state index is 13.0. The van der Waals surface area contributed by atoms with E-state index in [1.807, 2.05) is 25.5 Å². The molecular formula is C20H20N6O2S2. The third kappa shape index (κ3) is 3.78. The maximum Gasteiger partial charge on any atom is 0.268 e. The Hall–Kier alpha value is -2.90. The maximum atomic E-state index is 13.0. The first-order valence-electron chi connectivity index (χ1n) is 9.28. The molecule has 4 heterocycles. The molecule has 2 aliphatic rings. The molecule has 0 aromatic carbocycles. The number of hydrogen-bond acceptors (Lipinski definition) is 7. The van der Waals surface area contributed by atoms with E-state index in [0.29, 0.717) is 17.9 Å². The molecule has 1 N–H and O–H groups in total. The predicted molar refractivity (Wildman–Crippen MR) is 119 cm³/mol. The van der Waals surface area contributed by atoms with Gasteiger partial charge in [-0.2, -0.15) is 5.10 Å². The minimum atomic E-state index is -0.626. The number of carbonyl (C=O) groups is 2. The Bertz CT molecular complexity index is 1160. The van der Waals surface area contributed by atoms with Crippen LogP contribution >= 0.6 is 23.1 Å². The molecule has 0 spiro atoms. The highest BCUT2D eigenvalue weighted by Crippen LogP contribution is 2.43. The summed E-state index contributed by atoms with van der Waals surface area (Å²) in [5.74, 6) is 6.30. The highest BCUT2D eigenvalue weighted by Gasteiger charge is 2.33. The number of hydrogen-bond donors (Lipinski definition) is 1. The third-order valence-corrected chi connectivity index (χ3v) is 7.56. The highest BCUT2D eigenvalue weighted by molar-refractivity contribution is 7.99. The van der Waals surface area contributed by atoms with Crippen molar-refractivity contribution in [3.05, 3.63) is 28.7 Å². The van der Waals surface area contributed by atoms with Crippen LogP contribution in [0.1, 0.15) is 29.5 Å². The number of thioether (sulfide) groups is 1. The summed E-state index contributed by atoms with van der Waals surface area (Å²) in [6.07, 6.45) is 3.85. The van der Waals surface area contributed by atoms with E-state index in [4.69, 9.17) is 0 Å². The largest absolute Gasteiger partial charge is 0.338 e. The van der Waals surface area contributed by atoms with Gasteiger partial charge in [-0.1, -0.05) is 0 Å². The van der Waals surface area contributed by atoms with Crippen LogP contribution in [0.2, 0.25) is 0 Å². The summed E-state index contributed by atoms with van der Waals surface area (Å²) < 4.78 is 1.86. The SMILES string of the molecule is CC1=NN=C(C(=O)N[C@H]2CSc3c(sc(C#Cc4cncn4C)c3C)N(C)C2=O)C1. The summed E-state index contributed by atoms with van der Waals surface area (Å²) in [6.45, 7) is 3.83. The van der Waals surface area contributed by atoms with Crippen molar-refractivity contribution in [3.8, 4) is 11.8 Å². The van der Waals surface area contributed by atoms with Crippen molar-refractivity contribution in [1.82, 2.24) is 14.9 Å². The Morgan fingerprint density at radius 3 is 2.73 bits per heavy atom. The van der Waals surface area contributed by atoms with Crippen molar-refractivity contribution in [1.29, 1.82) is 0 Å². The first-order valence-corrected chi connectivity index (χ1v) is 11.1. The molecule has 0 saturated carbocycles. The number of imidazole rings is 1. The zero-order valence-electron chi connectivity index (χ0n) is 17.0. The molecule has 10 heteroatoms. The number of nitrogens with one attached hydrogen (secondary N) is 1. The monoisotopic (exact) mass is 440 g/mol. The number of carbonyl (C=O) groups excluding carboxylic acids is 2. The topological polar surface area (TPSA) is 92.0 Å². The average Bonchev–Trinajstić information content (AvgIpc) is 3.40. The number of nitrogens with zero attached hydrogens (tertiary/aromatic N) is 5. The van der Waals surface area contributed by atoms with Crippen LogP contribution in [-0.4, -0.2) is 51.6 Å². The Balaban J connectivity index is 1.53. The smallest absolute Gasteiger partial charge is 0.268 e. The van der Waals surface area contributed by atoms with Gasteiger partial charge in [0.05, 0.1) is 17.4 Å². The summed E-state index contributed by atoms with van der Waals surface area (Å²) in [4.78, 5) is 33.1. The molecule has 0 saturated heterocycles. The lowest BCUT2D eigenvalue weighted by Gasteiger charge is -2.20. The van der Waals surface area contributed by atoms with E-state index in [1.54, 1.807) is 36.2 Å². The van der Waals surface area contributed by atoms with Crippen LogP contribution in [0.5, 0.6) is 0 Å². The zero-order chi connectivity index (χ0) is 21.4. The van der Waals surface area contributed by atoms with E-state index in [2.05, 4.69) is 32.3 Å². The number of amides is 2. The minimum absolute atomic E-state index is 0.154. The molecule has 30 heavy (non-hydrogen) atoms. The summed E-state index contributed by atoms with van der Waals surface area (Å²) >= 11 is 3.05. The fraction of sp³-hybridized carbons (Fsp3) is 0.350. The predicted octanol–water partition coefficient (Wildman–Crippen LogP) is 1.96. The Morgan fingerprint density at radius 1 is 1.27 bits per heavy atom. The number of thiophene rings is 1. The minimum Gasteiger partial charge on any atom is -0.338 e. The molecule has 0 radical (unpaired) electrons. The number of aryl methyl sites for hydroxylation is 1. The van der Waals surface area contributed by atoms with Gasteiger partial charge in [0, 0.05) is 36.9 Å². The fourth-order valence-corrected chi connectivity index (χ4v) is 5.62. The van der Waals surface area contributed by atoms with Gasteiger partial charge >= 0.3 is 0 Å². The van der Waals surface area contributed by atoms with Crippen molar-refractivity contribution in [2.45, 2.75) is 31.2 Å². The van der Waals surface area contributed by atoms with Gasteiger partial charge in [0.15, 0.2) is 0 Å². The van der Waals surface area contributed by atoms with Crippen LogP contribution in [-0.2, 0) is 16.6 Å². The molecule has 2 aromatic heterocycles. The average molecular weight is 441 g/mol. The van der Waals surface area contributed by atoms with E-state index >= 15 is 0 Å². The summed E-state index contributed by atoms with van der Waals surface area (Å²) in [7, 11) is 3.63. The lowest BCUT2D eigenvalue weighted by molar-refractivity contribution is -0.123. The van der Waals surface area contributed by atoms with Crippen LogP contribution in [0, 0.1) is 18.8 Å². The molecule has 2 amide bonds. The van der Waals surface area contributed by atoms with E-state index in [1.165, 1.54) is 11.3 Å². The Morgan fingerprint density at radius 2 is 2.07 bits per heavy atom. The van der Waals surface area contributed by atoms with E-state index < -0.39 is 6.04 Å². The van der Waals surface area contributed by atoms with Gasteiger partial charge in [-0.15, -0.1) is 28.2 Å². The van der Waals surface area contributed by atoms with Crippen LogP contribution in [0.25, 0.3) is 0 Å². The number of rotatable bonds is 2. The van der Waals surface area contributed by atoms with Gasteiger partial charge in [0.25, 0.3) is 11.8 Å². The lowest BCUT2D eigenvalue weighted by Crippen LogP contribution is -2.49. The molecule has 8 nitrogen and oxygen atoms in total. The van der Waals surface area contributed by atoms with Crippen molar-refractivity contribution in [2.24, 2.45) is 17.3 Å². The van der Waals surface area contributed by atoms with Crippen LogP contribution in [0.15, 0.2) is 27.6 Å². The molecule has 0 aliphatic carbocycles. The number of fused-ring (bicyclic) bond motifs is 1. The van der Waals surface area contributed by atoms with Gasteiger partial charge in [-0.25, -0.2) is 4.98 Å². The summed E-state index contributed by atoms with van der Waals surface area (Å²) in [5, 5.41) is 11.5. The Labute approximate surface area is 182 Å². The third-order valence-electron chi connectivity index (χ3n) is 4.85. The second-order valence-corrected chi connectivity index (χ2v) is 9.15. The van der Waals surface area contributed by atoms with Crippen LogP contribution in [0.3, 0.4) is 0 Å². The first kappa shape index (κ1) is 20.4.